The predicted octanol–water partition coefficient (Wildman–Crippen LogP) is 5.75. The first-order valence-corrected chi connectivity index (χ1v) is 8.76. The first-order chi connectivity index (χ1) is 13.0. The van der Waals surface area contributed by atoms with Crippen molar-refractivity contribution in [1.82, 2.24) is 0 Å². The van der Waals surface area contributed by atoms with E-state index in [0.717, 1.165) is 5.56 Å². The second kappa shape index (κ2) is 8.20. The lowest BCUT2D eigenvalue weighted by atomic mass is 10.1. The fourth-order valence-corrected chi connectivity index (χ4v) is 3.12. The molecule has 0 bridgehead atoms. The molecule has 0 atom stereocenters. The molecule has 3 rings (SSSR count). The molecule has 1 amide bonds. The summed E-state index contributed by atoms with van der Waals surface area (Å²) in [4.78, 5) is 25.3. The zero-order valence-corrected chi connectivity index (χ0v) is 15.5. The summed E-state index contributed by atoms with van der Waals surface area (Å²) in [5, 5.41) is 11.8. The molecule has 0 aliphatic heterocycles. The number of benzene rings is 3. The molecule has 5 nitrogen and oxygen atoms in total. The number of carbonyl (C=O) groups is 1. The number of carbonyl (C=O) groups excluding carboxylic acids is 1. The lowest BCUT2D eigenvalue weighted by Gasteiger charge is -2.23. The first-order valence-electron chi connectivity index (χ1n) is 8.01. The molecule has 7 heteroatoms. The van der Waals surface area contributed by atoms with E-state index in [4.69, 9.17) is 23.2 Å². The molecule has 0 saturated heterocycles. The summed E-state index contributed by atoms with van der Waals surface area (Å²) in [6.45, 7) is 0.236. The smallest absolute Gasteiger partial charge is 0.271 e. The van der Waals surface area contributed by atoms with Crippen LogP contribution in [0.15, 0.2) is 72.8 Å². The van der Waals surface area contributed by atoms with Gasteiger partial charge in [0.2, 0.25) is 0 Å². The highest BCUT2D eigenvalue weighted by Gasteiger charge is 2.22. The maximum atomic E-state index is 13.2. The van der Waals surface area contributed by atoms with Gasteiger partial charge >= 0.3 is 0 Å². The van der Waals surface area contributed by atoms with Gasteiger partial charge in [-0.25, -0.2) is 0 Å². The molecule has 0 radical (unpaired) electrons. The van der Waals surface area contributed by atoms with Crippen LogP contribution in [0.4, 0.5) is 11.4 Å². The number of nitrogens with zero attached hydrogens (tertiary/aromatic N) is 2. The van der Waals surface area contributed by atoms with Crippen molar-refractivity contribution in [1.29, 1.82) is 0 Å². The highest BCUT2D eigenvalue weighted by atomic mass is 35.5. The monoisotopic (exact) mass is 400 g/mol. The summed E-state index contributed by atoms with van der Waals surface area (Å²) in [6.07, 6.45) is 0. The maximum absolute atomic E-state index is 13.2. The molecule has 0 spiro atoms. The Hall–Kier alpha value is -2.89. The first kappa shape index (κ1) is 18.9. The molecule has 0 heterocycles. The number of nitro groups is 1. The molecule has 0 N–H and O–H groups in total. The van der Waals surface area contributed by atoms with Gasteiger partial charge in [-0.3, -0.25) is 14.9 Å². The van der Waals surface area contributed by atoms with Gasteiger partial charge in [0.25, 0.3) is 11.6 Å². The van der Waals surface area contributed by atoms with Crippen molar-refractivity contribution in [2.24, 2.45) is 0 Å². The van der Waals surface area contributed by atoms with Gasteiger partial charge in [-0.1, -0.05) is 59.6 Å². The summed E-state index contributed by atoms with van der Waals surface area (Å²) in [7, 11) is 0. The van der Waals surface area contributed by atoms with Crippen molar-refractivity contribution in [3.8, 4) is 0 Å². The molecule has 0 aliphatic carbocycles. The Kier molecular flexibility index (Phi) is 5.74. The number of hydrogen-bond acceptors (Lipinski definition) is 3. The molecule has 0 fully saturated rings. The number of amides is 1. The standard InChI is InChI=1S/C20H14Cl2N2O3/c21-15-9-10-18(19(22)11-15)20(25)23(13-14-5-2-1-3-6-14)16-7-4-8-17(12-16)24(26)27/h1-12H,13H2. The molecule has 0 aromatic heterocycles. The Morgan fingerprint density at radius 1 is 0.963 bits per heavy atom. The van der Waals surface area contributed by atoms with Crippen molar-refractivity contribution in [3.63, 3.8) is 0 Å². The van der Waals surface area contributed by atoms with Crippen LogP contribution in [0.3, 0.4) is 0 Å². The quantitative estimate of drug-likeness (QED) is 0.404. The number of halogens is 2. The van der Waals surface area contributed by atoms with Gasteiger partial charge in [0.05, 0.1) is 27.7 Å². The van der Waals surface area contributed by atoms with Gasteiger partial charge in [-0.2, -0.15) is 0 Å². The Morgan fingerprint density at radius 2 is 1.70 bits per heavy atom. The summed E-state index contributed by atoms with van der Waals surface area (Å²) in [5.41, 5.74) is 1.45. The zero-order valence-electron chi connectivity index (χ0n) is 14.0. The largest absolute Gasteiger partial charge is 0.304 e. The molecular weight excluding hydrogens is 387 g/mol. The van der Waals surface area contributed by atoms with E-state index >= 15 is 0 Å². The SMILES string of the molecule is O=C(c1ccc(Cl)cc1Cl)N(Cc1ccccc1)c1cccc([N+](=O)[O-])c1. The summed E-state index contributed by atoms with van der Waals surface area (Å²) in [6, 6.07) is 19.9. The second-order valence-corrected chi connectivity index (χ2v) is 6.62. The number of nitro benzene ring substituents is 1. The van der Waals surface area contributed by atoms with E-state index in [9.17, 15) is 14.9 Å². The molecule has 3 aromatic rings. The van der Waals surface area contributed by atoms with Gasteiger partial charge < -0.3 is 4.90 Å². The van der Waals surface area contributed by atoms with Crippen LogP contribution in [0.2, 0.25) is 10.0 Å². The van der Waals surface area contributed by atoms with Gasteiger partial charge in [-0.05, 0) is 29.8 Å². The minimum atomic E-state index is -0.496. The number of rotatable bonds is 5. The average Bonchev–Trinajstić information content (AvgIpc) is 2.66. The highest BCUT2D eigenvalue weighted by molar-refractivity contribution is 6.37. The van der Waals surface area contributed by atoms with Gasteiger partial charge in [0.1, 0.15) is 0 Å². The minimum absolute atomic E-state index is 0.0967. The summed E-state index contributed by atoms with van der Waals surface area (Å²) < 4.78 is 0. The van der Waals surface area contributed by atoms with Crippen molar-refractivity contribution in [3.05, 3.63) is 104 Å². The molecule has 0 saturated carbocycles. The van der Waals surface area contributed by atoms with Gasteiger partial charge in [0.15, 0.2) is 0 Å². The number of anilines is 1. The Morgan fingerprint density at radius 3 is 2.37 bits per heavy atom. The second-order valence-electron chi connectivity index (χ2n) is 5.78. The minimum Gasteiger partial charge on any atom is -0.304 e. The Bertz CT molecular complexity index is 994. The van der Waals surface area contributed by atoms with E-state index in [1.807, 2.05) is 30.3 Å². The van der Waals surface area contributed by atoms with Crippen LogP contribution in [0.25, 0.3) is 0 Å². The molecule has 136 valence electrons. The molecule has 3 aromatic carbocycles. The zero-order chi connectivity index (χ0) is 19.4. The van der Waals surface area contributed by atoms with Crippen molar-refractivity contribution < 1.29 is 9.72 Å². The lowest BCUT2D eigenvalue weighted by Crippen LogP contribution is -2.30. The normalized spacial score (nSPS) is 10.4. The Balaban J connectivity index is 2.05. The third-order valence-corrected chi connectivity index (χ3v) is 4.49. The Labute approximate surface area is 165 Å². The van der Waals surface area contributed by atoms with E-state index in [1.165, 1.54) is 23.1 Å². The van der Waals surface area contributed by atoms with Crippen molar-refractivity contribution >= 4 is 40.5 Å². The maximum Gasteiger partial charge on any atom is 0.271 e. The third-order valence-electron chi connectivity index (χ3n) is 3.94. The fourth-order valence-electron chi connectivity index (χ4n) is 2.63. The van der Waals surface area contributed by atoms with E-state index in [-0.39, 0.29) is 28.7 Å². The van der Waals surface area contributed by atoms with Crippen LogP contribution in [0.5, 0.6) is 0 Å². The third kappa shape index (κ3) is 4.45. The van der Waals surface area contributed by atoms with Crippen LogP contribution in [0.1, 0.15) is 15.9 Å². The van der Waals surface area contributed by atoms with Crippen LogP contribution in [-0.4, -0.2) is 10.8 Å². The molecule has 0 unspecified atom stereocenters. The number of hydrogen-bond donors (Lipinski definition) is 0. The molecule has 27 heavy (non-hydrogen) atoms. The molecule has 0 aliphatic rings. The van der Waals surface area contributed by atoms with Gasteiger partial charge in [-0.15, -0.1) is 0 Å². The van der Waals surface area contributed by atoms with E-state index in [2.05, 4.69) is 0 Å². The van der Waals surface area contributed by atoms with Crippen molar-refractivity contribution in [2.75, 3.05) is 4.90 Å². The van der Waals surface area contributed by atoms with E-state index < -0.39 is 4.92 Å². The summed E-state index contributed by atoms with van der Waals surface area (Å²) >= 11 is 12.1. The van der Waals surface area contributed by atoms with Crippen LogP contribution < -0.4 is 4.90 Å². The molecular formula is C20H14Cl2N2O3. The van der Waals surface area contributed by atoms with E-state index in [1.54, 1.807) is 24.3 Å². The van der Waals surface area contributed by atoms with Crippen LogP contribution in [-0.2, 0) is 6.54 Å². The van der Waals surface area contributed by atoms with Crippen LogP contribution in [0, 0.1) is 10.1 Å². The number of non-ortho nitro benzene ring substituents is 1. The summed E-state index contributed by atoms with van der Waals surface area (Å²) in [5.74, 6) is -0.374. The topological polar surface area (TPSA) is 63.5 Å². The predicted molar refractivity (Wildman–Crippen MR) is 107 cm³/mol. The average molecular weight is 401 g/mol. The van der Waals surface area contributed by atoms with Crippen molar-refractivity contribution in [2.45, 2.75) is 6.54 Å². The van der Waals surface area contributed by atoms with E-state index in [0.29, 0.717) is 10.7 Å². The van der Waals surface area contributed by atoms with Gasteiger partial charge in [0, 0.05) is 17.2 Å². The highest BCUT2D eigenvalue weighted by Crippen LogP contribution is 2.28. The fraction of sp³-hybridized carbons (Fsp3) is 0.0500. The van der Waals surface area contributed by atoms with Crippen LogP contribution >= 0.6 is 23.2 Å². The lowest BCUT2D eigenvalue weighted by molar-refractivity contribution is -0.384.